The van der Waals surface area contributed by atoms with Crippen molar-refractivity contribution in [2.45, 2.75) is 85.2 Å². The van der Waals surface area contributed by atoms with E-state index in [9.17, 15) is 20.3 Å². The summed E-state index contributed by atoms with van der Waals surface area (Å²) in [5, 5.41) is 32.6. The first-order chi connectivity index (χ1) is 26.1. The van der Waals surface area contributed by atoms with Crippen LogP contribution in [0.25, 0.3) is 11.1 Å². The van der Waals surface area contributed by atoms with Gasteiger partial charge in [-0.1, -0.05) is 62.2 Å². The van der Waals surface area contributed by atoms with E-state index in [1.165, 1.54) is 6.20 Å². The first-order valence-corrected chi connectivity index (χ1v) is 19.0. The summed E-state index contributed by atoms with van der Waals surface area (Å²) in [7, 11) is 0. The number of nitrogens with zero attached hydrogens (tertiary/aromatic N) is 3. The number of hydrogen-bond acceptors (Lipinski definition) is 9. The van der Waals surface area contributed by atoms with Gasteiger partial charge < -0.3 is 29.7 Å². The van der Waals surface area contributed by atoms with Crippen LogP contribution in [0.2, 0.25) is 5.02 Å². The lowest BCUT2D eigenvalue weighted by molar-refractivity contribution is -0.144. The van der Waals surface area contributed by atoms with Crippen molar-refractivity contribution in [2.24, 2.45) is 5.92 Å². The number of carboxylic acids is 1. The van der Waals surface area contributed by atoms with Gasteiger partial charge in [-0.25, -0.2) is 0 Å². The number of carboxylic acid groups (broad SMARTS) is 1. The van der Waals surface area contributed by atoms with Crippen molar-refractivity contribution in [2.75, 3.05) is 26.3 Å². The third kappa shape index (κ3) is 10.5. The first-order valence-electron chi connectivity index (χ1n) is 18.6. The molecule has 0 bridgehead atoms. The molecule has 3 N–H and O–H groups in total. The molecule has 0 spiro atoms. The Bertz CT molecular complexity index is 1930. The van der Waals surface area contributed by atoms with Crippen LogP contribution < -0.4 is 19.5 Å². The summed E-state index contributed by atoms with van der Waals surface area (Å²) in [6.07, 6.45) is 6.35. The molecule has 1 aliphatic rings. The highest BCUT2D eigenvalue weighted by Gasteiger charge is 2.29. The van der Waals surface area contributed by atoms with Crippen LogP contribution in [0.4, 0.5) is 0 Å². The second-order valence-corrected chi connectivity index (χ2v) is 14.6. The van der Waals surface area contributed by atoms with Crippen molar-refractivity contribution in [1.82, 2.24) is 15.2 Å². The lowest BCUT2D eigenvalue weighted by Gasteiger charge is -2.33. The molecule has 0 radical (unpaired) electrons. The Morgan fingerprint density at radius 3 is 2.48 bits per heavy atom. The molecule has 0 amide bonds. The normalized spacial score (nSPS) is 15.1. The van der Waals surface area contributed by atoms with Crippen LogP contribution >= 0.6 is 11.6 Å². The van der Waals surface area contributed by atoms with Crippen LogP contribution in [0.15, 0.2) is 67.0 Å². The fourth-order valence-electron chi connectivity index (χ4n) is 6.81. The summed E-state index contributed by atoms with van der Waals surface area (Å²) < 4.78 is 18.9. The molecule has 2 atom stereocenters. The molecule has 0 aliphatic carbocycles. The number of nitrogens with one attached hydrogen (secondary N) is 1. The van der Waals surface area contributed by atoms with E-state index in [0.29, 0.717) is 54.1 Å². The average molecular weight is 755 g/mol. The molecule has 2 heterocycles. The molecular weight excluding hydrogens is 704 g/mol. The number of rotatable bonds is 18. The molecule has 0 unspecified atom stereocenters. The number of piperidine rings is 1. The third-order valence-corrected chi connectivity index (χ3v) is 10.4. The number of ether oxygens (including phenoxy) is 3. The zero-order valence-corrected chi connectivity index (χ0v) is 32.4. The van der Waals surface area contributed by atoms with E-state index >= 15 is 0 Å². The molecule has 1 aromatic heterocycles. The molecule has 10 nitrogen and oxygen atoms in total. The second-order valence-electron chi connectivity index (χ2n) is 14.2. The summed E-state index contributed by atoms with van der Waals surface area (Å²) in [6.45, 7) is 11.2. The van der Waals surface area contributed by atoms with E-state index in [1.807, 2.05) is 29.2 Å². The Labute approximate surface area is 323 Å². The molecule has 3 aromatic carbocycles. The number of aromatic nitrogens is 1. The number of carbonyl (C=O) groups is 1. The molecule has 0 saturated carbocycles. The van der Waals surface area contributed by atoms with Gasteiger partial charge in [0.15, 0.2) is 0 Å². The quantitative estimate of drug-likeness (QED) is 0.0861. The van der Waals surface area contributed by atoms with Gasteiger partial charge in [-0.15, -0.1) is 0 Å². The van der Waals surface area contributed by atoms with Gasteiger partial charge in [0.2, 0.25) is 0 Å². The van der Waals surface area contributed by atoms with Gasteiger partial charge in [0.05, 0.1) is 23.8 Å². The van der Waals surface area contributed by atoms with E-state index < -0.39 is 12.0 Å². The number of pyridine rings is 1. The van der Waals surface area contributed by atoms with Crippen LogP contribution in [0.1, 0.15) is 72.9 Å². The molecule has 11 heteroatoms. The molecule has 1 saturated heterocycles. The Morgan fingerprint density at radius 1 is 0.981 bits per heavy atom. The topological polar surface area (TPSA) is 137 Å². The smallest absolute Gasteiger partial charge is 0.320 e. The summed E-state index contributed by atoms with van der Waals surface area (Å²) in [4.78, 5) is 18.2. The molecule has 5 rings (SSSR count). The van der Waals surface area contributed by atoms with Gasteiger partial charge in [-0.05, 0) is 98.1 Å². The predicted octanol–water partition coefficient (Wildman–Crippen LogP) is 7.86. The van der Waals surface area contributed by atoms with Gasteiger partial charge in [-0.3, -0.25) is 14.7 Å². The SMILES string of the molecule is Cc1c(COc2cc(OCc3cncc(C#N)c3)c(CN3CCCC[C@H]3C(=O)O)cc2Cl)cccc1-c1cccc(OCCCN[C@H](CO)C(C)C)c1C. The van der Waals surface area contributed by atoms with Crippen LogP contribution in [0, 0.1) is 31.1 Å². The average Bonchev–Trinajstić information content (AvgIpc) is 3.16. The minimum absolute atomic E-state index is 0.0788. The first kappa shape index (κ1) is 40.5. The predicted molar refractivity (Wildman–Crippen MR) is 210 cm³/mol. The van der Waals surface area contributed by atoms with Crippen molar-refractivity contribution in [3.63, 3.8) is 0 Å². The molecule has 1 fully saturated rings. The number of aliphatic hydroxyl groups excluding tert-OH is 1. The third-order valence-electron chi connectivity index (χ3n) is 10.1. The zero-order valence-electron chi connectivity index (χ0n) is 31.6. The van der Waals surface area contributed by atoms with Crippen molar-refractivity contribution < 1.29 is 29.2 Å². The van der Waals surface area contributed by atoms with E-state index in [1.54, 1.807) is 24.4 Å². The van der Waals surface area contributed by atoms with Crippen molar-refractivity contribution in [1.29, 1.82) is 5.26 Å². The molecule has 286 valence electrons. The van der Waals surface area contributed by atoms with Gasteiger partial charge in [0.1, 0.15) is 42.6 Å². The highest BCUT2D eigenvalue weighted by Crippen LogP contribution is 2.37. The Morgan fingerprint density at radius 2 is 1.74 bits per heavy atom. The maximum absolute atomic E-state index is 12.1. The van der Waals surface area contributed by atoms with Crippen LogP contribution in [0.5, 0.6) is 17.2 Å². The highest BCUT2D eigenvalue weighted by molar-refractivity contribution is 6.32. The maximum Gasteiger partial charge on any atom is 0.320 e. The molecular formula is C43H51ClN4O6. The number of likely N-dealkylation sites (tertiary alicyclic amines) is 1. The minimum Gasteiger partial charge on any atom is -0.493 e. The Balaban J connectivity index is 1.32. The number of benzene rings is 3. The Hall–Kier alpha value is -4.66. The fraction of sp³-hybridized carbons (Fsp3) is 0.419. The lowest BCUT2D eigenvalue weighted by Crippen LogP contribution is -2.44. The summed E-state index contributed by atoms with van der Waals surface area (Å²) in [5.41, 5.74) is 7.19. The van der Waals surface area contributed by atoms with Crippen molar-refractivity contribution >= 4 is 17.6 Å². The van der Waals surface area contributed by atoms with E-state index in [2.05, 4.69) is 56.2 Å². The number of nitriles is 1. The van der Waals surface area contributed by atoms with Crippen molar-refractivity contribution in [3.8, 4) is 34.4 Å². The van der Waals surface area contributed by atoms with Crippen LogP contribution in [-0.2, 0) is 24.6 Å². The Kier molecular flexibility index (Phi) is 14.7. The van der Waals surface area contributed by atoms with Gasteiger partial charge in [0, 0.05) is 42.2 Å². The maximum atomic E-state index is 12.1. The molecule has 4 aromatic rings. The monoisotopic (exact) mass is 754 g/mol. The van der Waals surface area contributed by atoms with Crippen LogP contribution in [-0.4, -0.2) is 64.5 Å². The van der Waals surface area contributed by atoms with E-state index in [4.69, 9.17) is 25.8 Å². The van der Waals surface area contributed by atoms with Gasteiger partial charge in [0.25, 0.3) is 0 Å². The summed E-state index contributed by atoms with van der Waals surface area (Å²) in [5.74, 6) is 1.32. The molecule has 1 aliphatic heterocycles. The largest absolute Gasteiger partial charge is 0.493 e. The fourth-order valence-corrected chi connectivity index (χ4v) is 7.06. The molecule has 54 heavy (non-hydrogen) atoms. The van der Waals surface area contributed by atoms with Crippen molar-refractivity contribution in [3.05, 3.63) is 105 Å². The van der Waals surface area contributed by atoms with Gasteiger partial charge in [-0.2, -0.15) is 5.26 Å². The van der Waals surface area contributed by atoms with Crippen LogP contribution in [0.3, 0.4) is 0 Å². The minimum atomic E-state index is -0.836. The number of hydrogen-bond donors (Lipinski definition) is 3. The zero-order chi connectivity index (χ0) is 38.6. The van der Waals surface area contributed by atoms with E-state index in [-0.39, 0.29) is 25.9 Å². The standard InChI is InChI=1S/C43H51ClN4O6/c1-28(2)38(25-49)47-15-9-17-52-40-14-8-12-36(30(40)4)35-11-7-10-33(29(35)3)27-54-42-20-41(53-26-32-18-31(21-45)22-46-23-32)34(19-37(42)44)24-48-16-6-5-13-39(48)43(50)51/h7-8,10-12,14,18-20,22-23,28,38-39,47,49H,5-6,9,13,15-17,24-27H2,1-4H3,(H,50,51)/t38-,39+/m1/s1. The summed E-state index contributed by atoms with van der Waals surface area (Å²) in [6, 6.07) is 19.2. The second kappa shape index (κ2) is 19.6. The van der Waals surface area contributed by atoms with E-state index in [0.717, 1.165) is 70.5 Å². The van der Waals surface area contributed by atoms with Gasteiger partial charge >= 0.3 is 5.97 Å². The highest BCUT2D eigenvalue weighted by atomic mass is 35.5. The number of aliphatic hydroxyl groups is 1. The number of aliphatic carboxylic acids is 1. The lowest BCUT2D eigenvalue weighted by atomic mass is 9.93. The summed E-state index contributed by atoms with van der Waals surface area (Å²) >= 11 is 6.85. The number of halogens is 1.